The van der Waals surface area contributed by atoms with Crippen molar-refractivity contribution in [3.05, 3.63) is 52.8 Å². The number of hydrogen-bond donors (Lipinski definition) is 1. The lowest BCUT2D eigenvalue weighted by Gasteiger charge is -2.14. The van der Waals surface area contributed by atoms with Crippen LogP contribution in [0.3, 0.4) is 0 Å². The zero-order valence-electron chi connectivity index (χ0n) is 12.1. The molecule has 1 heterocycles. The van der Waals surface area contributed by atoms with Crippen molar-refractivity contribution in [3.8, 4) is 11.5 Å². The van der Waals surface area contributed by atoms with Gasteiger partial charge in [-0.1, -0.05) is 18.2 Å². The Hall–Kier alpha value is -2.07. The predicted molar refractivity (Wildman–Crippen MR) is 78.9 cm³/mol. The molecule has 0 amide bonds. The van der Waals surface area contributed by atoms with Crippen molar-refractivity contribution in [3.63, 3.8) is 0 Å². The van der Waals surface area contributed by atoms with Gasteiger partial charge in [-0.15, -0.1) is 0 Å². The first-order valence-electron chi connectivity index (χ1n) is 6.57. The van der Waals surface area contributed by atoms with Crippen LogP contribution < -0.4 is 15.2 Å². The third-order valence-corrected chi connectivity index (χ3v) is 3.31. The van der Waals surface area contributed by atoms with Crippen LogP contribution in [0.15, 0.2) is 30.5 Å². The van der Waals surface area contributed by atoms with Crippen molar-refractivity contribution >= 4 is 0 Å². The number of pyridine rings is 1. The Morgan fingerprint density at radius 3 is 2.65 bits per heavy atom. The first-order valence-corrected chi connectivity index (χ1v) is 6.57. The number of aryl methyl sites for hydroxylation is 1. The van der Waals surface area contributed by atoms with Crippen LogP contribution in [-0.2, 0) is 13.2 Å². The molecule has 0 bridgehead atoms. The molecule has 0 aliphatic heterocycles. The fraction of sp³-hybridized carbons (Fsp3) is 0.312. The zero-order valence-corrected chi connectivity index (χ0v) is 12.1. The van der Waals surface area contributed by atoms with Gasteiger partial charge in [0.25, 0.3) is 0 Å². The van der Waals surface area contributed by atoms with Gasteiger partial charge in [0.1, 0.15) is 18.1 Å². The largest absolute Gasteiger partial charge is 0.496 e. The van der Waals surface area contributed by atoms with E-state index in [4.69, 9.17) is 15.2 Å². The molecular weight excluding hydrogens is 252 g/mol. The number of ether oxygens (including phenoxy) is 2. The molecule has 0 saturated carbocycles. The highest BCUT2D eigenvalue weighted by molar-refractivity contribution is 5.41. The standard InChI is InChI=1S/C16H20N2O2/c1-11-9-18-14(12(2)16(11)19-3)10-20-15-7-5-4-6-13(15)8-17/h4-7,9H,8,10,17H2,1-3H3. The van der Waals surface area contributed by atoms with Gasteiger partial charge in [0.15, 0.2) is 0 Å². The summed E-state index contributed by atoms with van der Waals surface area (Å²) in [7, 11) is 1.67. The quantitative estimate of drug-likeness (QED) is 0.909. The molecule has 2 rings (SSSR count). The van der Waals surface area contributed by atoms with Crippen LogP contribution >= 0.6 is 0 Å². The van der Waals surface area contributed by atoms with E-state index >= 15 is 0 Å². The lowest BCUT2D eigenvalue weighted by atomic mass is 10.1. The third-order valence-electron chi connectivity index (χ3n) is 3.31. The van der Waals surface area contributed by atoms with Gasteiger partial charge in [-0.05, 0) is 19.9 Å². The lowest BCUT2D eigenvalue weighted by molar-refractivity contribution is 0.295. The molecule has 0 fully saturated rings. The van der Waals surface area contributed by atoms with Gasteiger partial charge in [0.2, 0.25) is 0 Å². The number of nitrogens with zero attached hydrogens (tertiary/aromatic N) is 1. The maximum atomic E-state index is 5.84. The topological polar surface area (TPSA) is 57.4 Å². The number of para-hydroxylation sites is 1. The monoisotopic (exact) mass is 272 g/mol. The first kappa shape index (κ1) is 14.3. The summed E-state index contributed by atoms with van der Waals surface area (Å²) in [6.45, 7) is 4.83. The van der Waals surface area contributed by atoms with Crippen molar-refractivity contribution in [2.24, 2.45) is 5.73 Å². The van der Waals surface area contributed by atoms with E-state index < -0.39 is 0 Å². The molecule has 4 nitrogen and oxygen atoms in total. The average Bonchev–Trinajstić information content (AvgIpc) is 2.47. The molecule has 4 heteroatoms. The third kappa shape index (κ3) is 2.91. The Balaban J connectivity index is 2.19. The van der Waals surface area contributed by atoms with E-state index in [-0.39, 0.29) is 0 Å². The summed E-state index contributed by atoms with van der Waals surface area (Å²) in [6.07, 6.45) is 1.80. The Bertz CT molecular complexity index is 597. The minimum atomic E-state index is 0.402. The van der Waals surface area contributed by atoms with Gasteiger partial charge in [-0.3, -0.25) is 4.98 Å². The maximum absolute atomic E-state index is 5.84. The predicted octanol–water partition coefficient (Wildman–Crippen LogP) is 2.74. The molecule has 2 N–H and O–H groups in total. The molecule has 20 heavy (non-hydrogen) atoms. The Kier molecular flexibility index (Phi) is 4.58. The summed E-state index contributed by atoms with van der Waals surface area (Å²) in [6, 6.07) is 7.77. The molecule has 0 atom stereocenters. The summed E-state index contributed by atoms with van der Waals surface area (Å²) < 4.78 is 11.2. The van der Waals surface area contributed by atoms with E-state index in [1.54, 1.807) is 13.3 Å². The van der Waals surface area contributed by atoms with Crippen LogP contribution in [0.25, 0.3) is 0 Å². The van der Waals surface area contributed by atoms with Gasteiger partial charge in [0, 0.05) is 29.4 Å². The van der Waals surface area contributed by atoms with Crippen LogP contribution in [0.1, 0.15) is 22.4 Å². The Morgan fingerprint density at radius 1 is 1.20 bits per heavy atom. The fourth-order valence-electron chi connectivity index (χ4n) is 2.18. The smallest absolute Gasteiger partial charge is 0.131 e. The van der Waals surface area contributed by atoms with E-state index in [0.29, 0.717) is 13.2 Å². The van der Waals surface area contributed by atoms with Crippen LogP contribution in [0.5, 0.6) is 11.5 Å². The molecule has 0 saturated heterocycles. The molecular formula is C16H20N2O2. The molecule has 2 aromatic rings. The van der Waals surface area contributed by atoms with E-state index in [9.17, 15) is 0 Å². The summed E-state index contributed by atoms with van der Waals surface area (Å²) in [5, 5.41) is 0. The van der Waals surface area contributed by atoms with Gasteiger partial charge < -0.3 is 15.2 Å². The second kappa shape index (κ2) is 6.39. The summed E-state index contributed by atoms with van der Waals surface area (Å²) in [5.74, 6) is 1.67. The average molecular weight is 272 g/mol. The van der Waals surface area contributed by atoms with Crippen molar-refractivity contribution in [2.45, 2.75) is 27.0 Å². The molecule has 0 spiro atoms. The molecule has 1 aromatic carbocycles. The summed E-state index contributed by atoms with van der Waals surface area (Å²) in [5.41, 5.74) is 9.60. The maximum Gasteiger partial charge on any atom is 0.131 e. The van der Waals surface area contributed by atoms with Crippen molar-refractivity contribution in [1.29, 1.82) is 0 Å². The van der Waals surface area contributed by atoms with E-state index in [0.717, 1.165) is 33.9 Å². The fourth-order valence-corrected chi connectivity index (χ4v) is 2.18. The molecule has 0 radical (unpaired) electrons. The van der Waals surface area contributed by atoms with Crippen LogP contribution in [-0.4, -0.2) is 12.1 Å². The van der Waals surface area contributed by atoms with Crippen LogP contribution in [0.4, 0.5) is 0 Å². The van der Waals surface area contributed by atoms with Gasteiger partial charge in [0.05, 0.1) is 12.8 Å². The normalized spacial score (nSPS) is 10.4. The van der Waals surface area contributed by atoms with Gasteiger partial charge >= 0.3 is 0 Å². The molecule has 0 unspecified atom stereocenters. The molecule has 106 valence electrons. The minimum Gasteiger partial charge on any atom is -0.496 e. The number of benzene rings is 1. The van der Waals surface area contributed by atoms with Gasteiger partial charge in [-0.2, -0.15) is 0 Å². The van der Waals surface area contributed by atoms with Crippen LogP contribution in [0.2, 0.25) is 0 Å². The zero-order chi connectivity index (χ0) is 14.5. The molecule has 0 aliphatic rings. The SMILES string of the molecule is COc1c(C)cnc(COc2ccccc2CN)c1C. The minimum absolute atomic E-state index is 0.402. The second-order valence-corrected chi connectivity index (χ2v) is 4.65. The second-order valence-electron chi connectivity index (χ2n) is 4.65. The molecule has 0 aliphatic carbocycles. The van der Waals surface area contributed by atoms with Crippen LogP contribution in [0, 0.1) is 13.8 Å². The Labute approximate surface area is 119 Å². The van der Waals surface area contributed by atoms with Crippen molar-refractivity contribution in [2.75, 3.05) is 7.11 Å². The van der Waals surface area contributed by atoms with E-state index in [1.807, 2.05) is 38.1 Å². The van der Waals surface area contributed by atoms with E-state index in [2.05, 4.69) is 4.98 Å². The number of rotatable bonds is 5. The highest BCUT2D eigenvalue weighted by atomic mass is 16.5. The first-order chi connectivity index (χ1) is 9.67. The number of aromatic nitrogens is 1. The number of methoxy groups -OCH3 is 1. The number of hydrogen-bond acceptors (Lipinski definition) is 4. The van der Waals surface area contributed by atoms with Crippen molar-refractivity contribution < 1.29 is 9.47 Å². The molecule has 1 aromatic heterocycles. The summed E-state index contributed by atoms with van der Waals surface area (Å²) in [4.78, 5) is 4.42. The van der Waals surface area contributed by atoms with Gasteiger partial charge in [-0.25, -0.2) is 0 Å². The lowest BCUT2D eigenvalue weighted by Crippen LogP contribution is -2.06. The number of nitrogens with two attached hydrogens (primary N) is 1. The summed E-state index contributed by atoms with van der Waals surface area (Å²) >= 11 is 0. The highest BCUT2D eigenvalue weighted by Crippen LogP contribution is 2.25. The van der Waals surface area contributed by atoms with Crippen molar-refractivity contribution in [1.82, 2.24) is 4.98 Å². The Morgan fingerprint density at radius 2 is 1.95 bits per heavy atom. The highest BCUT2D eigenvalue weighted by Gasteiger charge is 2.10. The van der Waals surface area contributed by atoms with E-state index in [1.165, 1.54) is 0 Å².